The third-order valence-electron chi connectivity index (χ3n) is 4.99. The maximum absolute atomic E-state index is 11.9. The van der Waals surface area contributed by atoms with E-state index in [1.165, 1.54) is 5.57 Å². The number of hydrogen-bond donors (Lipinski definition) is 0. The van der Waals surface area contributed by atoms with Crippen molar-refractivity contribution in [1.82, 2.24) is 0 Å². The standard InChI is InChI=1S/C20H24O4/c1-12-5-4-6-15-11-16(23-20(15)22)9-13(2)10-18-17(8-7-12)14(3)19(21)24-18/h5,10-11,16-18H,3-4,6-9H2,1-2H3/b12-5+,13-10-. The highest BCUT2D eigenvalue weighted by molar-refractivity contribution is 5.91. The smallest absolute Gasteiger partial charge is 0.334 e. The molecule has 0 aromatic rings. The minimum atomic E-state index is -0.297. The SMILES string of the molecule is C=C1C(=O)OC2/C=C(/C)CC3C=C(CC/C=C(\C)CCC12)C(=O)O3. The number of carbonyl (C=O) groups is 2. The van der Waals surface area contributed by atoms with Crippen molar-refractivity contribution in [3.8, 4) is 0 Å². The van der Waals surface area contributed by atoms with E-state index >= 15 is 0 Å². The molecular formula is C20H24O4. The first-order chi connectivity index (χ1) is 11.4. The summed E-state index contributed by atoms with van der Waals surface area (Å²) in [5.74, 6) is -0.474. The zero-order chi connectivity index (χ0) is 17.3. The maximum atomic E-state index is 11.9. The summed E-state index contributed by atoms with van der Waals surface area (Å²) in [4.78, 5) is 23.8. The first-order valence-electron chi connectivity index (χ1n) is 8.58. The van der Waals surface area contributed by atoms with Gasteiger partial charge in [-0.15, -0.1) is 0 Å². The van der Waals surface area contributed by atoms with Gasteiger partial charge in [0.25, 0.3) is 0 Å². The van der Waals surface area contributed by atoms with Crippen LogP contribution < -0.4 is 0 Å². The molecule has 3 aliphatic rings. The number of allylic oxidation sites excluding steroid dienone is 2. The Bertz CT molecular complexity index is 665. The van der Waals surface area contributed by atoms with Gasteiger partial charge in [-0.25, -0.2) is 9.59 Å². The summed E-state index contributed by atoms with van der Waals surface area (Å²) in [6, 6.07) is 0. The monoisotopic (exact) mass is 328 g/mol. The fourth-order valence-electron chi connectivity index (χ4n) is 3.57. The van der Waals surface area contributed by atoms with Crippen LogP contribution in [0.25, 0.3) is 0 Å². The Hall–Kier alpha value is -2.10. The number of rotatable bonds is 0. The molecule has 2 aliphatic heterocycles. The predicted octanol–water partition coefficient (Wildman–Crippen LogP) is 3.79. The molecule has 1 aliphatic carbocycles. The second-order valence-corrected chi connectivity index (χ2v) is 6.98. The summed E-state index contributed by atoms with van der Waals surface area (Å²) in [6.45, 7) is 8.00. The summed E-state index contributed by atoms with van der Waals surface area (Å²) >= 11 is 0. The molecule has 2 bridgehead atoms. The van der Waals surface area contributed by atoms with Crippen molar-refractivity contribution in [3.63, 3.8) is 0 Å². The quantitative estimate of drug-likeness (QED) is 0.386. The van der Waals surface area contributed by atoms with E-state index in [1.54, 1.807) is 0 Å². The van der Waals surface area contributed by atoms with E-state index in [0.29, 0.717) is 12.0 Å². The molecule has 3 rings (SSSR count). The normalized spacial score (nSPS) is 35.7. The van der Waals surface area contributed by atoms with Crippen LogP contribution in [0.2, 0.25) is 0 Å². The number of hydrogen-bond acceptors (Lipinski definition) is 4. The van der Waals surface area contributed by atoms with Crippen molar-refractivity contribution < 1.29 is 19.1 Å². The molecule has 0 radical (unpaired) electrons. The van der Waals surface area contributed by atoms with Crippen LogP contribution in [0.1, 0.15) is 46.0 Å². The van der Waals surface area contributed by atoms with E-state index < -0.39 is 0 Å². The number of esters is 2. The molecule has 128 valence electrons. The van der Waals surface area contributed by atoms with Gasteiger partial charge in [-0.3, -0.25) is 0 Å². The number of fused-ring (bicyclic) bond motifs is 2. The van der Waals surface area contributed by atoms with Crippen LogP contribution in [0, 0.1) is 5.92 Å². The molecule has 1 saturated heterocycles. The Kier molecular flexibility index (Phi) is 4.74. The first kappa shape index (κ1) is 16.7. The lowest BCUT2D eigenvalue weighted by Crippen LogP contribution is -2.16. The Morgan fingerprint density at radius 3 is 2.62 bits per heavy atom. The fraction of sp³-hybridized carbons (Fsp3) is 0.500. The van der Waals surface area contributed by atoms with Crippen molar-refractivity contribution in [2.24, 2.45) is 5.92 Å². The van der Waals surface area contributed by atoms with Gasteiger partial charge < -0.3 is 9.47 Å². The zero-order valence-corrected chi connectivity index (χ0v) is 14.3. The molecule has 4 heteroatoms. The van der Waals surface area contributed by atoms with Gasteiger partial charge in [0.2, 0.25) is 0 Å². The summed E-state index contributed by atoms with van der Waals surface area (Å²) in [7, 11) is 0. The fourth-order valence-corrected chi connectivity index (χ4v) is 3.57. The molecule has 0 N–H and O–H groups in total. The van der Waals surface area contributed by atoms with Crippen LogP contribution in [0.15, 0.2) is 47.1 Å². The number of carbonyl (C=O) groups excluding carboxylic acids is 2. The lowest BCUT2D eigenvalue weighted by Gasteiger charge is -2.16. The summed E-state index contributed by atoms with van der Waals surface area (Å²) in [5.41, 5.74) is 3.67. The van der Waals surface area contributed by atoms with Gasteiger partial charge in [0, 0.05) is 23.5 Å². The van der Waals surface area contributed by atoms with Crippen LogP contribution in [-0.4, -0.2) is 24.1 Å². The maximum Gasteiger partial charge on any atom is 0.334 e. The van der Waals surface area contributed by atoms with Gasteiger partial charge in [0.1, 0.15) is 12.2 Å². The molecule has 0 amide bonds. The molecule has 3 unspecified atom stereocenters. The molecular weight excluding hydrogens is 304 g/mol. The average Bonchev–Trinajstić information content (AvgIpc) is 2.97. The Morgan fingerprint density at radius 2 is 1.83 bits per heavy atom. The van der Waals surface area contributed by atoms with Gasteiger partial charge in [0.15, 0.2) is 0 Å². The predicted molar refractivity (Wildman–Crippen MR) is 91.1 cm³/mol. The van der Waals surface area contributed by atoms with E-state index in [-0.39, 0.29) is 30.1 Å². The zero-order valence-electron chi connectivity index (χ0n) is 14.3. The Morgan fingerprint density at radius 1 is 1.04 bits per heavy atom. The van der Waals surface area contributed by atoms with Crippen LogP contribution in [0.5, 0.6) is 0 Å². The highest BCUT2D eigenvalue weighted by Crippen LogP contribution is 2.34. The van der Waals surface area contributed by atoms with Crippen LogP contribution in [0.4, 0.5) is 0 Å². The van der Waals surface area contributed by atoms with Crippen LogP contribution in [0.3, 0.4) is 0 Å². The topological polar surface area (TPSA) is 52.6 Å². The highest BCUT2D eigenvalue weighted by atomic mass is 16.6. The van der Waals surface area contributed by atoms with E-state index in [1.807, 2.05) is 19.1 Å². The summed E-state index contributed by atoms with van der Waals surface area (Å²) in [6.07, 6.45) is 9.56. The number of ether oxygens (including phenoxy) is 2. The van der Waals surface area contributed by atoms with E-state index in [4.69, 9.17) is 9.47 Å². The van der Waals surface area contributed by atoms with Gasteiger partial charge in [-0.1, -0.05) is 23.8 Å². The second-order valence-electron chi connectivity index (χ2n) is 6.98. The summed E-state index contributed by atoms with van der Waals surface area (Å²) < 4.78 is 10.9. The molecule has 0 aromatic heterocycles. The van der Waals surface area contributed by atoms with Crippen molar-refractivity contribution in [2.45, 2.75) is 58.2 Å². The van der Waals surface area contributed by atoms with Crippen molar-refractivity contribution in [1.29, 1.82) is 0 Å². The van der Waals surface area contributed by atoms with E-state index in [0.717, 1.165) is 36.8 Å². The molecule has 3 atom stereocenters. The molecule has 0 saturated carbocycles. The van der Waals surface area contributed by atoms with Crippen molar-refractivity contribution >= 4 is 11.9 Å². The Balaban J connectivity index is 1.86. The van der Waals surface area contributed by atoms with E-state index in [9.17, 15) is 9.59 Å². The van der Waals surface area contributed by atoms with Crippen molar-refractivity contribution in [3.05, 3.63) is 47.1 Å². The van der Waals surface area contributed by atoms with Crippen molar-refractivity contribution in [2.75, 3.05) is 0 Å². The molecule has 2 heterocycles. The lowest BCUT2D eigenvalue weighted by molar-refractivity contribution is -0.139. The van der Waals surface area contributed by atoms with Gasteiger partial charge in [-0.05, 0) is 51.7 Å². The average molecular weight is 328 g/mol. The van der Waals surface area contributed by atoms with Gasteiger partial charge in [0.05, 0.1) is 0 Å². The van der Waals surface area contributed by atoms with Gasteiger partial charge in [-0.2, -0.15) is 0 Å². The summed E-state index contributed by atoms with van der Waals surface area (Å²) in [5, 5.41) is 0. The third-order valence-corrected chi connectivity index (χ3v) is 4.99. The lowest BCUT2D eigenvalue weighted by atomic mass is 9.89. The molecule has 0 spiro atoms. The first-order valence-corrected chi connectivity index (χ1v) is 8.58. The third kappa shape index (κ3) is 3.53. The largest absolute Gasteiger partial charge is 0.454 e. The molecule has 4 nitrogen and oxygen atoms in total. The second kappa shape index (κ2) is 6.80. The molecule has 24 heavy (non-hydrogen) atoms. The van der Waals surface area contributed by atoms with Gasteiger partial charge >= 0.3 is 11.9 Å². The minimum Gasteiger partial charge on any atom is -0.454 e. The van der Waals surface area contributed by atoms with E-state index in [2.05, 4.69) is 19.6 Å². The molecule has 0 aromatic carbocycles. The highest BCUT2D eigenvalue weighted by Gasteiger charge is 2.37. The van der Waals surface area contributed by atoms with Crippen LogP contribution >= 0.6 is 0 Å². The minimum absolute atomic E-state index is 0.0240. The molecule has 1 fully saturated rings. The Labute approximate surface area is 142 Å². The van der Waals surface area contributed by atoms with Crippen LogP contribution in [-0.2, 0) is 19.1 Å².